The first kappa shape index (κ1) is 21.7. The second-order valence-corrected chi connectivity index (χ2v) is 9.82. The molecule has 1 atom stereocenters. The first-order valence-electron chi connectivity index (χ1n) is 10.1. The Kier molecular flexibility index (Phi) is 5.57. The Morgan fingerprint density at radius 3 is 2.66 bits per heavy atom. The number of Topliss-reactive ketones (excluding diaryl/α,β-unsaturated/α-hetero) is 1. The lowest BCUT2D eigenvalue weighted by molar-refractivity contribution is -0.115. The van der Waals surface area contributed by atoms with Gasteiger partial charge in [-0.15, -0.1) is 0 Å². The molecular formula is C23H20FN3O4S. The predicted octanol–water partition coefficient (Wildman–Crippen LogP) is 3.71. The number of hydrogen-bond acceptors (Lipinski definition) is 5. The number of nitrogens with zero attached hydrogens (tertiary/aromatic N) is 2. The monoisotopic (exact) mass is 453 g/mol. The Hall–Kier alpha value is -3.51. The van der Waals surface area contributed by atoms with E-state index in [1.165, 1.54) is 30.0 Å². The summed E-state index contributed by atoms with van der Waals surface area (Å²) in [6.45, 7) is 0.795. The molecule has 2 aromatic rings. The van der Waals surface area contributed by atoms with Gasteiger partial charge in [-0.25, -0.2) is 17.6 Å². The number of carbonyl (C=O) groups excluding carboxylic acids is 2. The molecule has 0 radical (unpaired) electrons. The molecule has 7 nitrogen and oxygen atoms in total. The van der Waals surface area contributed by atoms with E-state index in [0.717, 1.165) is 0 Å². The maximum absolute atomic E-state index is 13.2. The average molecular weight is 453 g/mol. The van der Waals surface area contributed by atoms with Gasteiger partial charge in [0.25, 0.3) is 0 Å². The van der Waals surface area contributed by atoms with Gasteiger partial charge in [-0.05, 0) is 41.8 Å². The molecule has 164 valence electrons. The molecule has 0 fully saturated rings. The maximum Gasteiger partial charge on any atom is 0.327 e. The number of sulfone groups is 1. The molecule has 9 heteroatoms. The van der Waals surface area contributed by atoms with E-state index in [-0.39, 0.29) is 34.0 Å². The molecule has 1 heterocycles. The van der Waals surface area contributed by atoms with Crippen molar-refractivity contribution >= 4 is 27.3 Å². The smallest absolute Gasteiger partial charge is 0.326 e. The van der Waals surface area contributed by atoms with Gasteiger partial charge in [-0.1, -0.05) is 25.1 Å². The van der Waals surface area contributed by atoms with E-state index in [9.17, 15) is 27.7 Å². The highest BCUT2D eigenvalue weighted by Crippen LogP contribution is 2.42. The van der Waals surface area contributed by atoms with Crippen LogP contribution in [0.3, 0.4) is 0 Å². The fourth-order valence-corrected chi connectivity index (χ4v) is 5.32. The number of nitriles is 1. The van der Waals surface area contributed by atoms with Crippen molar-refractivity contribution < 1.29 is 22.4 Å². The van der Waals surface area contributed by atoms with Crippen LogP contribution in [0, 0.1) is 11.3 Å². The highest BCUT2D eigenvalue weighted by molar-refractivity contribution is 7.91. The summed E-state index contributed by atoms with van der Waals surface area (Å²) < 4.78 is 38.7. The number of urea groups is 1. The average Bonchev–Trinajstić information content (AvgIpc) is 3.19. The topological polar surface area (TPSA) is 107 Å². The minimum Gasteiger partial charge on any atom is -0.326 e. The fraction of sp³-hybridized carbons (Fsp3) is 0.261. The van der Waals surface area contributed by atoms with Gasteiger partial charge in [-0.2, -0.15) is 5.26 Å². The first-order chi connectivity index (χ1) is 15.3. The van der Waals surface area contributed by atoms with Crippen molar-refractivity contribution in [3.05, 3.63) is 70.4 Å². The fourth-order valence-electron chi connectivity index (χ4n) is 4.16. The summed E-state index contributed by atoms with van der Waals surface area (Å²) in [6.07, 6.45) is 0.492. The minimum absolute atomic E-state index is 0.0798. The lowest BCUT2D eigenvalue weighted by atomic mass is 9.94. The number of nitrogens with one attached hydrogen (secondary N) is 1. The van der Waals surface area contributed by atoms with Gasteiger partial charge in [0, 0.05) is 17.7 Å². The number of anilines is 1. The van der Waals surface area contributed by atoms with Crippen LogP contribution in [0.1, 0.15) is 42.5 Å². The Morgan fingerprint density at radius 1 is 1.19 bits per heavy atom. The van der Waals surface area contributed by atoms with Gasteiger partial charge in [0.2, 0.25) is 0 Å². The van der Waals surface area contributed by atoms with E-state index in [4.69, 9.17) is 0 Å². The van der Waals surface area contributed by atoms with Gasteiger partial charge in [0.1, 0.15) is 6.67 Å². The van der Waals surface area contributed by atoms with E-state index in [1.807, 2.05) is 6.07 Å². The zero-order valence-electron chi connectivity index (χ0n) is 17.3. The third kappa shape index (κ3) is 3.56. The summed E-state index contributed by atoms with van der Waals surface area (Å²) in [5.74, 6) is -0.391. The molecule has 0 spiro atoms. The molecule has 32 heavy (non-hydrogen) atoms. The van der Waals surface area contributed by atoms with Crippen molar-refractivity contribution in [1.29, 1.82) is 5.26 Å². The number of benzene rings is 2. The zero-order valence-corrected chi connectivity index (χ0v) is 18.1. The molecule has 2 aliphatic rings. The standard InChI is InChI=1S/C23H20FN3O4S/c1-2-32(30,31)20-11-15(13-25)6-7-17(20)22-21-18(8-9-19(21)28)27(23(29)26-22)16-5-3-4-14(10-16)12-24/h3-7,10-11,22H,2,8-9,12H2,1H3,(H,26,29)/t22-/m0/s1. The summed E-state index contributed by atoms with van der Waals surface area (Å²) in [4.78, 5) is 27.3. The lowest BCUT2D eigenvalue weighted by Gasteiger charge is -2.35. The number of carbonyl (C=O) groups is 2. The van der Waals surface area contributed by atoms with Crippen LogP contribution >= 0.6 is 0 Å². The lowest BCUT2D eigenvalue weighted by Crippen LogP contribution is -2.47. The number of alkyl halides is 1. The summed E-state index contributed by atoms with van der Waals surface area (Å²) in [7, 11) is -3.74. The van der Waals surface area contributed by atoms with Gasteiger partial charge in [-0.3, -0.25) is 9.69 Å². The number of hydrogen-bond donors (Lipinski definition) is 1. The van der Waals surface area contributed by atoms with Crippen LogP contribution in [0.25, 0.3) is 0 Å². The number of rotatable bonds is 5. The number of ketones is 1. The van der Waals surface area contributed by atoms with Crippen molar-refractivity contribution in [3.63, 3.8) is 0 Å². The normalized spacial score (nSPS) is 18.4. The molecule has 0 saturated carbocycles. The molecule has 0 saturated heterocycles. The maximum atomic E-state index is 13.2. The first-order valence-corrected chi connectivity index (χ1v) is 11.7. The van der Waals surface area contributed by atoms with E-state index in [1.54, 1.807) is 24.3 Å². The Balaban J connectivity index is 1.90. The molecule has 2 amide bonds. The van der Waals surface area contributed by atoms with E-state index in [0.29, 0.717) is 28.9 Å². The van der Waals surface area contributed by atoms with E-state index >= 15 is 0 Å². The zero-order chi connectivity index (χ0) is 23.0. The van der Waals surface area contributed by atoms with Gasteiger partial charge in [0.05, 0.1) is 34.0 Å². The second-order valence-electron chi connectivity index (χ2n) is 7.57. The van der Waals surface area contributed by atoms with Crippen LogP contribution in [0.4, 0.5) is 14.9 Å². The summed E-state index contributed by atoms with van der Waals surface area (Å²) in [5.41, 5.74) is 2.03. The molecule has 0 unspecified atom stereocenters. The van der Waals surface area contributed by atoms with E-state index in [2.05, 4.69) is 5.32 Å². The Morgan fingerprint density at radius 2 is 1.97 bits per heavy atom. The molecule has 1 aliphatic heterocycles. The van der Waals surface area contributed by atoms with Crippen molar-refractivity contribution in [2.75, 3.05) is 10.7 Å². The second kappa shape index (κ2) is 8.20. The van der Waals surface area contributed by atoms with Crippen molar-refractivity contribution in [2.24, 2.45) is 0 Å². The third-order valence-corrected chi connectivity index (χ3v) is 7.51. The van der Waals surface area contributed by atoms with Crippen LogP contribution in [0.2, 0.25) is 0 Å². The van der Waals surface area contributed by atoms with Crippen molar-refractivity contribution in [3.8, 4) is 6.07 Å². The van der Waals surface area contributed by atoms with E-state index < -0.39 is 28.6 Å². The van der Waals surface area contributed by atoms with Gasteiger partial charge in [0.15, 0.2) is 15.6 Å². The molecular weight excluding hydrogens is 433 g/mol. The number of amides is 2. The number of halogens is 1. The molecule has 2 aromatic carbocycles. The highest BCUT2D eigenvalue weighted by Gasteiger charge is 2.42. The van der Waals surface area contributed by atoms with Crippen LogP contribution in [-0.4, -0.2) is 26.0 Å². The molecule has 4 rings (SSSR count). The van der Waals surface area contributed by atoms with Crippen LogP contribution in [0.15, 0.2) is 58.6 Å². The highest BCUT2D eigenvalue weighted by atomic mass is 32.2. The van der Waals surface area contributed by atoms with Crippen molar-refractivity contribution in [1.82, 2.24) is 5.32 Å². The Labute approximate surface area is 185 Å². The number of allylic oxidation sites excluding steroid dienone is 1. The molecule has 0 bridgehead atoms. The molecule has 0 aromatic heterocycles. The molecule has 1 aliphatic carbocycles. The third-order valence-electron chi connectivity index (χ3n) is 5.72. The summed E-state index contributed by atoms with van der Waals surface area (Å²) in [6, 6.07) is 11.1. The van der Waals surface area contributed by atoms with Gasteiger partial charge >= 0.3 is 6.03 Å². The summed E-state index contributed by atoms with van der Waals surface area (Å²) >= 11 is 0. The summed E-state index contributed by atoms with van der Waals surface area (Å²) in [5, 5.41) is 12.0. The van der Waals surface area contributed by atoms with Crippen LogP contribution in [0.5, 0.6) is 0 Å². The van der Waals surface area contributed by atoms with Gasteiger partial charge < -0.3 is 5.32 Å². The largest absolute Gasteiger partial charge is 0.327 e. The quantitative estimate of drug-likeness (QED) is 0.743. The SMILES string of the molecule is CCS(=O)(=O)c1cc(C#N)ccc1[C@@H]1NC(=O)N(c2cccc(CF)c2)C2=C1C(=O)CC2. The van der Waals surface area contributed by atoms with Crippen molar-refractivity contribution in [2.45, 2.75) is 37.4 Å². The van der Waals surface area contributed by atoms with Crippen LogP contribution < -0.4 is 10.2 Å². The predicted molar refractivity (Wildman–Crippen MR) is 115 cm³/mol. The van der Waals surface area contributed by atoms with Crippen LogP contribution in [-0.2, 0) is 21.3 Å². The Bertz CT molecular complexity index is 1310. The minimum atomic E-state index is -3.74. The molecule has 1 N–H and O–H groups in total.